The molecule has 3 nitrogen and oxygen atoms in total. The van der Waals surface area contributed by atoms with Crippen LogP contribution >= 0.6 is 15.9 Å². The predicted molar refractivity (Wildman–Crippen MR) is 63.5 cm³/mol. The molecule has 0 saturated carbocycles. The maximum Gasteiger partial charge on any atom is 0.137 e. The Morgan fingerprint density at radius 1 is 1.31 bits per heavy atom. The van der Waals surface area contributed by atoms with E-state index in [2.05, 4.69) is 31.2 Å². The van der Waals surface area contributed by atoms with E-state index in [0.717, 1.165) is 11.4 Å². The standard InChI is InChI=1S/C11H9BrFN3/c12-10-5-8(1-2-11(10)13)16-7-9-6-14-3-4-15-9/h1-6,16H,7H2. The van der Waals surface area contributed by atoms with Gasteiger partial charge in [-0.15, -0.1) is 0 Å². The van der Waals surface area contributed by atoms with E-state index >= 15 is 0 Å². The van der Waals surface area contributed by atoms with Crippen molar-refractivity contribution in [1.29, 1.82) is 0 Å². The second-order valence-corrected chi connectivity index (χ2v) is 4.03. The van der Waals surface area contributed by atoms with Crippen LogP contribution in [0.25, 0.3) is 0 Å². The minimum absolute atomic E-state index is 0.273. The summed E-state index contributed by atoms with van der Waals surface area (Å²) in [7, 11) is 0. The van der Waals surface area contributed by atoms with E-state index in [1.807, 2.05) is 0 Å². The molecule has 0 unspecified atom stereocenters. The van der Waals surface area contributed by atoms with Crippen LogP contribution in [0, 0.1) is 5.82 Å². The van der Waals surface area contributed by atoms with Crippen LogP contribution in [0.1, 0.15) is 5.69 Å². The van der Waals surface area contributed by atoms with E-state index in [9.17, 15) is 4.39 Å². The van der Waals surface area contributed by atoms with Crippen LogP contribution in [0.15, 0.2) is 41.3 Å². The number of halogens is 2. The zero-order valence-electron chi connectivity index (χ0n) is 8.32. The molecule has 0 radical (unpaired) electrons. The fraction of sp³-hybridized carbons (Fsp3) is 0.0909. The quantitative estimate of drug-likeness (QED) is 0.940. The van der Waals surface area contributed by atoms with E-state index in [1.54, 1.807) is 30.7 Å². The monoisotopic (exact) mass is 281 g/mol. The maximum atomic E-state index is 13.0. The molecule has 0 saturated heterocycles. The maximum absolute atomic E-state index is 13.0. The highest BCUT2D eigenvalue weighted by Crippen LogP contribution is 2.20. The highest BCUT2D eigenvalue weighted by Gasteiger charge is 2.00. The molecule has 0 spiro atoms. The van der Waals surface area contributed by atoms with Crippen molar-refractivity contribution in [2.45, 2.75) is 6.54 Å². The molecule has 2 aromatic rings. The summed E-state index contributed by atoms with van der Waals surface area (Å²) in [6.45, 7) is 0.561. The smallest absolute Gasteiger partial charge is 0.137 e. The molecule has 5 heteroatoms. The van der Waals surface area contributed by atoms with Gasteiger partial charge in [-0.1, -0.05) is 0 Å². The largest absolute Gasteiger partial charge is 0.379 e. The Hall–Kier alpha value is -1.49. The molecule has 1 aromatic carbocycles. The van der Waals surface area contributed by atoms with Crippen molar-refractivity contribution >= 4 is 21.6 Å². The number of nitrogens with zero attached hydrogens (tertiary/aromatic N) is 2. The summed E-state index contributed by atoms with van der Waals surface area (Å²) in [5.74, 6) is -0.273. The summed E-state index contributed by atoms with van der Waals surface area (Å²) in [4.78, 5) is 8.08. The van der Waals surface area contributed by atoms with Gasteiger partial charge in [-0.2, -0.15) is 0 Å². The van der Waals surface area contributed by atoms with E-state index in [4.69, 9.17) is 0 Å². The third-order valence-corrected chi connectivity index (χ3v) is 2.62. The molecule has 0 bridgehead atoms. The summed E-state index contributed by atoms with van der Waals surface area (Å²) in [6.07, 6.45) is 4.95. The Bertz CT molecular complexity index is 476. The average molecular weight is 282 g/mol. The van der Waals surface area contributed by atoms with E-state index in [-0.39, 0.29) is 5.82 Å². The number of aromatic nitrogens is 2. The molecule has 2 rings (SSSR count). The SMILES string of the molecule is Fc1ccc(NCc2cnccn2)cc1Br. The van der Waals surface area contributed by atoms with Gasteiger partial charge in [-0.05, 0) is 34.1 Å². The van der Waals surface area contributed by atoms with Crippen LogP contribution in [0.3, 0.4) is 0 Å². The molecule has 0 fully saturated rings. The van der Waals surface area contributed by atoms with Crippen molar-refractivity contribution in [2.75, 3.05) is 5.32 Å². The topological polar surface area (TPSA) is 37.8 Å². The number of nitrogens with one attached hydrogen (secondary N) is 1. The van der Waals surface area contributed by atoms with E-state index < -0.39 is 0 Å². The fourth-order valence-corrected chi connectivity index (χ4v) is 1.60. The van der Waals surface area contributed by atoms with Gasteiger partial charge in [0.2, 0.25) is 0 Å². The highest BCUT2D eigenvalue weighted by atomic mass is 79.9. The van der Waals surface area contributed by atoms with Crippen molar-refractivity contribution in [2.24, 2.45) is 0 Å². The van der Waals surface area contributed by atoms with E-state index in [1.165, 1.54) is 6.07 Å². The normalized spacial score (nSPS) is 10.1. The minimum atomic E-state index is -0.273. The summed E-state index contributed by atoms with van der Waals surface area (Å²) < 4.78 is 13.4. The molecule has 1 aromatic heterocycles. The average Bonchev–Trinajstić information content (AvgIpc) is 2.32. The third kappa shape index (κ3) is 2.76. The molecule has 0 aliphatic rings. The molecular formula is C11H9BrFN3. The molecule has 0 aliphatic carbocycles. The van der Waals surface area contributed by atoms with Gasteiger partial charge in [0.25, 0.3) is 0 Å². The lowest BCUT2D eigenvalue weighted by atomic mass is 10.3. The Morgan fingerprint density at radius 3 is 2.88 bits per heavy atom. The second kappa shape index (κ2) is 5.03. The van der Waals surface area contributed by atoms with Gasteiger partial charge in [0.15, 0.2) is 0 Å². The Balaban J connectivity index is 2.03. The Morgan fingerprint density at radius 2 is 2.19 bits per heavy atom. The van der Waals surface area contributed by atoms with Gasteiger partial charge in [0.05, 0.1) is 22.9 Å². The first-order chi connectivity index (χ1) is 7.75. The molecule has 0 amide bonds. The van der Waals surface area contributed by atoms with Gasteiger partial charge >= 0.3 is 0 Å². The number of anilines is 1. The van der Waals surface area contributed by atoms with Crippen LogP contribution in [0.4, 0.5) is 10.1 Å². The Labute approximate surface area is 101 Å². The van der Waals surface area contributed by atoms with Gasteiger partial charge < -0.3 is 5.32 Å². The second-order valence-electron chi connectivity index (χ2n) is 3.18. The van der Waals surface area contributed by atoms with Crippen LogP contribution in [-0.4, -0.2) is 9.97 Å². The summed E-state index contributed by atoms with van der Waals surface area (Å²) >= 11 is 3.13. The molecule has 82 valence electrons. The third-order valence-electron chi connectivity index (χ3n) is 2.01. The molecular weight excluding hydrogens is 273 g/mol. The van der Waals surface area contributed by atoms with Gasteiger partial charge in [0.1, 0.15) is 5.82 Å². The van der Waals surface area contributed by atoms with Crippen molar-refractivity contribution in [1.82, 2.24) is 9.97 Å². The van der Waals surface area contributed by atoms with Crippen molar-refractivity contribution in [3.05, 3.63) is 52.8 Å². The van der Waals surface area contributed by atoms with Gasteiger partial charge in [-0.3, -0.25) is 9.97 Å². The fourth-order valence-electron chi connectivity index (χ4n) is 1.22. The zero-order chi connectivity index (χ0) is 11.4. The lowest BCUT2D eigenvalue weighted by molar-refractivity contribution is 0.621. The van der Waals surface area contributed by atoms with Crippen LogP contribution in [-0.2, 0) is 6.54 Å². The highest BCUT2D eigenvalue weighted by molar-refractivity contribution is 9.10. The minimum Gasteiger partial charge on any atom is -0.379 e. The lowest BCUT2D eigenvalue weighted by Gasteiger charge is -2.06. The van der Waals surface area contributed by atoms with Gasteiger partial charge in [-0.25, -0.2) is 4.39 Å². The van der Waals surface area contributed by atoms with E-state index in [0.29, 0.717) is 11.0 Å². The van der Waals surface area contributed by atoms with Crippen LogP contribution < -0.4 is 5.32 Å². The molecule has 1 heterocycles. The molecule has 0 atom stereocenters. The van der Waals surface area contributed by atoms with Crippen LogP contribution in [0.5, 0.6) is 0 Å². The zero-order valence-corrected chi connectivity index (χ0v) is 9.91. The molecule has 0 aliphatic heterocycles. The summed E-state index contributed by atoms with van der Waals surface area (Å²) in [6, 6.07) is 4.77. The number of benzene rings is 1. The number of rotatable bonds is 3. The molecule has 1 N–H and O–H groups in total. The molecule has 16 heavy (non-hydrogen) atoms. The number of hydrogen-bond donors (Lipinski definition) is 1. The number of hydrogen-bond acceptors (Lipinski definition) is 3. The van der Waals surface area contributed by atoms with Crippen molar-refractivity contribution in [3.63, 3.8) is 0 Å². The first-order valence-electron chi connectivity index (χ1n) is 4.69. The van der Waals surface area contributed by atoms with Crippen molar-refractivity contribution < 1.29 is 4.39 Å². The first-order valence-corrected chi connectivity index (χ1v) is 5.49. The lowest BCUT2D eigenvalue weighted by Crippen LogP contribution is -2.01. The predicted octanol–water partition coefficient (Wildman–Crippen LogP) is 2.99. The van der Waals surface area contributed by atoms with Gasteiger partial charge in [0, 0.05) is 18.1 Å². The van der Waals surface area contributed by atoms with Crippen LogP contribution in [0.2, 0.25) is 0 Å². The Kier molecular flexibility index (Phi) is 3.46. The van der Waals surface area contributed by atoms with Crippen molar-refractivity contribution in [3.8, 4) is 0 Å². The first kappa shape index (κ1) is 11.0. The summed E-state index contributed by atoms with van der Waals surface area (Å²) in [5.41, 5.74) is 1.67. The summed E-state index contributed by atoms with van der Waals surface area (Å²) in [5, 5.41) is 3.13.